The molecular weight excluding hydrogens is 472 g/mol. The van der Waals surface area contributed by atoms with Gasteiger partial charge in [-0.05, 0) is 65.6 Å². The molecule has 5 nitrogen and oxygen atoms in total. The van der Waals surface area contributed by atoms with Crippen LogP contribution in [0.15, 0.2) is 73.1 Å². The minimum atomic E-state index is -0.174. The minimum Gasteiger partial charge on any atom is -0.469 e. The second-order valence-corrected chi connectivity index (χ2v) is 10.2. The van der Waals surface area contributed by atoms with Crippen molar-refractivity contribution in [2.75, 3.05) is 7.11 Å². The van der Waals surface area contributed by atoms with Gasteiger partial charge in [-0.2, -0.15) is 5.26 Å². The number of hydrogen-bond acceptors (Lipinski definition) is 5. The molecule has 0 N–H and O–H groups in total. The summed E-state index contributed by atoms with van der Waals surface area (Å²) in [4.78, 5) is 28.1. The molecule has 3 rings (SSSR count). The maximum atomic E-state index is 12.3. The summed E-state index contributed by atoms with van der Waals surface area (Å²) in [6.07, 6.45) is 6.04. The molecule has 0 fully saturated rings. The summed E-state index contributed by atoms with van der Waals surface area (Å²) >= 11 is 0. The van der Waals surface area contributed by atoms with Gasteiger partial charge in [0.25, 0.3) is 0 Å². The van der Waals surface area contributed by atoms with Crippen molar-refractivity contribution in [3.63, 3.8) is 0 Å². The lowest BCUT2D eigenvalue weighted by Gasteiger charge is -2.20. The molecule has 3 aromatic rings. The van der Waals surface area contributed by atoms with Gasteiger partial charge >= 0.3 is 5.97 Å². The molecule has 3 atom stereocenters. The van der Waals surface area contributed by atoms with Crippen LogP contribution in [-0.4, -0.2) is 23.8 Å². The maximum Gasteiger partial charge on any atom is 0.309 e. The van der Waals surface area contributed by atoms with Crippen LogP contribution in [0.25, 0.3) is 11.1 Å². The fraction of sp³-hybridized carbons (Fsp3) is 0.394. The Hall–Kier alpha value is -3.78. The van der Waals surface area contributed by atoms with E-state index in [1.807, 2.05) is 61.5 Å². The van der Waals surface area contributed by atoms with Crippen molar-refractivity contribution in [2.45, 2.75) is 53.9 Å². The number of nitrogens with zero attached hydrogens (tertiary/aromatic N) is 2. The van der Waals surface area contributed by atoms with Crippen LogP contribution in [0.5, 0.6) is 0 Å². The summed E-state index contributed by atoms with van der Waals surface area (Å²) in [5.74, 6) is 0.815. The summed E-state index contributed by atoms with van der Waals surface area (Å²) < 4.78 is 4.86. The number of nitriles is 1. The molecule has 0 amide bonds. The van der Waals surface area contributed by atoms with Gasteiger partial charge < -0.3 is 4.74 Å². The van der Waals surface area contributed by atoms with E-state index < -0.39 is 0 Å². The van der Waals surface area contributed by atoms with Crippen LogP contribution < -0.4 is 0 Å². The van der Waals surface area contributed by atoms with Gasteiger partial charge in [0.05, 0.1) is 24.7 Å². The first kappa shape index (κ1) is 30.4. The predicted molar refractivity (Wildman–Crippen MR) is 152 cm³/mol. The molecule has 0 aliphatic rings. The number of methoxy groups -OCH3 is 1. The third kappa shape index (κ3) is 9.27. The Bertz CT molecular complexity index is 1200. The molecule has 0 saturated heterocycles. The van der Waals surface area contributed by atoms with E-state index >= 15 is 0 Å². The quantitative estimate of drug-likeness (QED) is 0.207. The van der Waals surface area contributed by atoms with Gasteiger partial charge in [0.1, 0.15) is 0 Å². The molecule has 0 saturated carbocycles. The van der Waals surface area contributed by atoms with Crippen LogP contribution in [0.2, 0.25) is 0 Å². The van der Waals surface area contributed by atoms with E-state index in [2.05, 4.69) is 38.7 Å². The smallest absolute Gasteiger partial charge is 0.309 e. The number of aromatic nitrogens is 1. The van der Waals surface area contributed by atoms with E-state index in [0.29, 0.717) is 17.9 Å². The molecule has 5 heteroatoms. The lowest BCUT2D eigenvalue weighted by atomic mass is 9.86. The Labute approximate surface area is 227 Å². The lowest BCUT2D eigenvalue weighted by Crippen LogP contribution is -2.25. The third-order valence-electron chi connectivity index (χ3n) is 6.80. The van der Waals surface area contributed by atoms with Crippen molar-refractivity contribution in [1.29, 1.82) is 5.26 Å². The van der Waals surface area contributed by atoms with Gasteiger partial charge in [-0.15, -0.1) is 0 Å². The molecule has 1 heterocycles. The van der Waals surface area contributed by atoms with Crippen molar-refractivity contribution in [2.24, 2.45) is 23.7 Å². The Kier molecular flexibility index (Phi) is 12.4. The number of pyridine rings is 1. The zero-order valence-corrected chi connectivity index (χ0v) is 23.5. The molecule has 1 aromatic heterocycles. The fourth-order valence-electron chi connectivity index (χ4n) is 4.44. The van der Waals surface area contributed by atoms with Gasteiger partial charge in [0, 0.05) is 23.9 Å². The zero-order chi connectivity index (χ0) is 28.1. The number of carbonyl (C=O) groups excluding carboxylic acids is 2. The second-order valence-electron chi connectivity index (χ2n) is 10.2. The molecule has 0 radical (unpaired) electrons. The van der Waals surface area contributed by atoms with Crippen LogP contribution in [0.4, 0.5) is 0 Å². The molecule has 0 aliphatic heterocycles. The molecule has 0 bridgehead atoms. The molecule has 2 unspecified atom stereocenters. The average Bonchev–Trinajstić information content (AvgIpc) is 2.95. The Morgan fingerprint density at radius 2 is 1.58 bits per heavy atom. The molecule has 200 valence electrons. The van der Waals surface area contributed by atoms with E-state index in [0.717, 1.165) is 35.1 Å². The van der Waals surface area contributed by atoms with Crippen LogP contribution in [0.3, 0.4) is 0 Å². The Morgan fingerprint density at radius 1 is 0.947 bits per heavy atom. The van der Waals surface area contributed by atoms with Crippen molar-refractivity contribution in [3.05, 3.63) is 89.7 Å². The summed E-state index contributed by atoms with van der Waals surface area (Å²) in [7, 11) is 1.42. The number of ketones is 1. The predicted octanol–water partition coefficient (Wildman–Crippen LogP) is 7.55. The summed E-state index contributed by atoms with van der Waals surface area (Å²) in [6.45, 7) is 10.4. The fourth-order valence-corrected chi connectivity index (χ4v) is 4.44. The summed E-state index contributed by atoms with van der Waals surface area (Å²) in [6, 6.07) is 21.3. The number of rotatable bonds is 10. The highest BCUT2D eigenvalue weighted by atomic mass is 16.5. The molecule has 38 heavy (non-hydrogen) atoms. The van der Waals surface area contributed by atoms with Gasteiger partial charge in [-0.1, -0.05) is 77.4 Å². The molecule has 0 spiro atoms. The van der Waals surface area contributed by atoms with Crippen LogP contribution in [0, 0.1) is 35.0 Å². The number of ether oxygens (including phenoxy) is 1. The van der Waals surface area contributed by atoms with E-state index in [-0.39, 0.29) is 29.5 Å². The van der Waals surface area contributed by atoms with Gasteiger partial charge in [0.15, 0.2) is 5.78 Å². The monoisotopic (exact) mass is 512 g/mol. The minimum absolute atomic E-state index is 0.0850. The van der Waals surface area contributed by atoms with E-state index in [9.17, 15) is 9.59 Å². The van der Waals surface area contributed by atoms with E-state index in [1.54, 1.807) is 18.5 Å². The van der Waals surface area contributed by atoms with Crippen LogP contribution in [-0.2, 0) is 16.0 Å². The number of carbonyl (C=O) groups is 2. The first-order valence-corrected chi connectivity index (χ1v) is 13.3. The number of hydrogen-bond donors (Lipinski definition) is 0. The SMILES string of the molecule is CC(C)CC(C)C(=O)c1ccc(-c2ccncc2)cc1.CCC(C)[C@@H](Cc1cccc(C#N)c1)C(=O)OC. The average molecular weight is 513 g/mol. The Morgan fingerprint density at radius 3 is 2.13 bits per heavy atom. The maximum absolute atomic E-state index is 12.3. The normalized spacial score (nSPS) is 12.9. The van der Waals surface area contributed by atoms with Crippen LogP contribution in [0.1, 0.15) is 68.9 Å². The molecular formula is C33H40N2O3. The molecule has 2 aromatic carbocycles. The first-order chi connectivity index (χ1) is 18.2. The number of esters is 1. The highest BCUT2D eigenvalue weighted by Gasteiger charge is 2.25. The highest BCUT2D eigenvalue weighted by Crippen LogP contribution is 2.23. The zero-order valence-electron chi connectivity index (χ0n) is 23.5. The molecule has 0 aliphatic carbocycles. The Balaban J connectivity index is 0.000000269. The van der Waals surface area contributed by atoms with Crippen molar-refractivity contribution in [3.8, 4) is 17.2 Å². The standard InChI is InChI=1S/C18H21NO.C15H19NO2/c1-13(2)12-14(3)18(20)17-6-4-15(5-7-17)16-8-10-19-11-9-16;1-4-11(2)14(15(17)18-3)9-12-6-5-7-13(8-12)10-16/h4-11,13-14H,12H2,1-3H3;5-8,11,14H,4,9H2,1-3H3/t;11?,14-/m.1/s1. The first-order valence-electron chi connectivity index (χ1n) is 13.3. The van der Waals surface area contributed by atoms with Gasteiger partial charge in [0.2, 0.25) is 0 Å². The largest absolute Gasteiger partial charge is 0.469 e. The van der Waals surface area contributed by atoms with Crippen LogP contribution >= 0.6 is 0 Å². The van der Waals surface area contributed by atoms with Crippen molar-refractivity contribution >= 4 is 11.8 Å². The third-order valence-corrected chi connectivity index (χ3v) is 6.80. The van der Waals surface area contributed by atoms with Crippen molar-refractivity contribution < 1.29 is 14.3 Å². The van der Waals surface area contributed by atoms with Gasteiger partial charge in [-0.25, -0.2) is 0 Å². The summed E-state index contributed by atoms with van der Waals surface area (Å²) in [5.41, 5.74) is 4.66. The highest BCUT2D eigenvalue weighted by molar-refractivity contribution is 5.98. The van der Waals surface area contributed by atoms with Crippen molar-refractivity contribution in [1.82, 2.24) is 4.98 Å². The summed E-state index contributed by atoms with van der Waals surface area (Å²) in [5, 5.41) is 8.87. The number of benzene rings is 2. The van der Waals surface area contributed by atoms with E-state index in [4.69, 9.17) is 10.00 Å². The topological polar surface area (TPSA) is 80.0 Å². The van der Waals surface area contributed by atoms with E-state index in [1.165, 1.54) is 7.11 Å². The lowest BCUT2D eigenvalue weighted by molar-refractivity contribution is -0.147. The van der Waals surface area contributed by atoms with Gasteiger partial charge in [-0.3, -0.25) is 14.6 Å². The number of Topliss-reactive ketones (excluding diaryl/α,β-unsaturated/α-hetero) is 1. The second kappa shape index (κ2) is 15.5.